The average molecular weight is 293 g/mol. The summed E-state index contributed by atoms with van der Waals surface area (Å²) >= 11 is 3.57. The quantitative estimate of drug-likeness (QED) is 0.877. The Morgan fingerprint density at radius 3 is 3.12 bits per heavy atom. The molecule has 0 amide bonds. The predicted molar refractivity (Wildman–Crippen MR) is 72.3 cm³/mol. The number of halogens is 1. The molecule has 1 aromatic carbocycles. The Morgan fingerprint density at radius 2 is 2.29 bits per heavy atom. The minimum absolute atomic E-state index is 0.654. The molecule has 0 spiro atoms. The van der Waals surface area contributed by atoms with Gasteiger partial charge in [-0.05, 0) is 22.0 Å². The topological polar surface area (TPSA) is 34.2 Å². The van der Waals surface area contributed by atoms with Crippen molar-refractivity contribution < 1.29 is 4.74 Å². The van der Waals surface area contributed by atoms with Crippen LogP contribution in [-0.2, 0) is 17.8 Å². The van der Waals surface area contributed by atoms with Crippen LogP contribution in [0.5, 0.6) is 0 Å². The first-order valence-electron chi connectivity index (χ1n) is 5.66. The lowest BCUT2D eigenvalue weighted by Gasteiger charge is -2.21. The number of benzene rings is 1. The monoisotopic (exact) mass is 292 g/mol. The van der Waals surface area contributed by atoms with Gasteiger partial charge in [0.25, 0.3) is 0 Å². The maximum Gasteiger partial charge on any atom is 0.0868 e. The zero-order valence-electron chi connectivity index (χ0n) is 9.59. The van der Waals surface area contributed by atoms with Gasteiger partial charge in [-0.3, -0.25) is 4.98 Å². The maximum absolute atomic E-state index is 5.53. The van der Waals surface area contributed by atoms with Gasteiger partial charge in [0.05, 0.1) is 30.1 Å². The Labute approximate surface area is 108 Å². The van der Waals surface area contributed by atoms with Crippen molar-refractivity contribution >= 4 is 32.5 Å². The Hall–Kier alpha value is -1.13. The van der Waals surface area contributed by atoms with E-state index >= 15 is 0 Å². The number of anilines is 1. The van der Waals surface area contributed by atoms with E-state index in [0.29, 0.717) is 6.61 Å². The van der Waals surface area contributed by atoms with Gasteiger partial charge >= 0.3 is 0 Å². The van der Waals surface area contributed by atoms with Gasteiger partial charge < -0.3 is 10.1 Å². The summed E-state index contributed by atoms with van der Waals surface area (Å²) in [5.41, 5.74) is 4.52. The molecular formula is C13H13BrN2O. The molecule has 1 aromatic heterocycles. The summed E-state index contributed by atoms with van der Waals surface area (Å²) < 4.78 is 6.57. The molecule has 88 valence electrons. The number of ether oxygens (including phenoxy) is 1. The number of fused-ring (bicyclic) bond motifs is 2. The van der Waals surface area contributed by atoms with Crippen LogP contribution in [0.25, 0.3) is 10.9 Å². The van der Waals surface area contributed by atoms with E-state index in [2.05, 4.69) is 27.3 Å². The van der Waals surface area contributed by atoms with E-state index in [4.69, 9.17) is 9.72 Å². The van der Waals surface area contributed by atoms with Crippen molar-refractivity contribution in [2.24, 2.45) is 0 Å². The summed E-state index contributed by atoms with van der Waals surface area (Å²) in [4.78, 5) is 4.76. The molecule has 0 atom stereocenters. The normalized spacial score (nSPS) is 14.7. The van der Waals surface area contributed by atoms with Crippen molar-refractivity contribution in [1.29, 1.82) is 0 Å². The highest BCUT2D eigenvalue weighted by Crippen LogP contribution is 2.34. The van der Waals surface area contributed by atoms with Crippen LogP contribution >= 0.6 is 15.9 Å². The molecule has 2 aromatic rings. The van der Waals surface area contributed by atoms with Crippen molar-refractivity contribution in [3.63, 3.8) is 0 Å². The van der Waals surface area contributed by atoms with Crippen LogP contribution in [0.4, 0.5) is 5.69 Å². The molecular weight excluding hydrogens is 280 g/mol. The lowest BCUT2D eigenvalue weighted by atomic mass is 10.0. The van der Waals surface area contributed by atoms with Gasteiger partial charge in [-0.25, -0.2) is 0 Å². The first-order chi connectivity index (χ1) is 8.31. The number of nitrogens with zero attached hydrogens (tertiary/aromatic N) is 1. The third-order valence-electron chi connectivity index (χ3n) is 3.13. The Kier molecular flexibility index (Phi) is 2.76. The van der Waals surface area contributed by atoms with Crippen molar-refractivity contribution in [2.75, 3.05) is 19.0 Å². The summed E-state index contributed by atoms with van der Waals surface area (Å²) in [6.07, 6.45) is 0.890. The fraction of sp³-hybridized carbons (Fsp3) is 0.308. The number of pyridine rings is 1. The molecule has 0 unspecified atom stereocenters. The third-order valence-corrected chi connectivity index (χ3v) is 3.77. The van der Waals surface area contributed by atoms with Crippen LogP contribution in [0.1, 0.15) is 11.3 Å². The Bertz CT molecular complexity index is 583. The van der Waals surface area contributed by atoms with Crippen LogP contribution in [0, 0.1) is 0 Å². The fourth-order valence-corrected chi connectivity index (χ4v) is 2.79. The van der Waals surface area contributed by atoms with E-state index in [9.17, 15) is 0 Å². The highest BCUT2D eigenvalue weighted by atomic mass is 79.9. The number of hydrogen-bond donors (Lipinski definition) is 1. The molecule has 0 fully saturated rings. The number of nitrogens with one attached hydrogen (secondary N) is 1. The molecule has 1 N–H and O–H groups in total. The molecule has 4 heteroatoms. The molecule has 0 aliphatic carbocycles. The van der Waals surface area contributed by atoms with E-state index in [1.54, 1.807) is 0 Å². The Morgan fingerprint density at radius 1 is 1.41 bits per heavy atom. The first-order valence-corrected chi connectivity index (χ1v) is 6.46. The number of para-hydroxylation sites is 1. The summed E-state index contributed by atoms with van der Waals surface area (Å²) in [5, 5.41) is 4.43. The summed E-state index contributed by atoms with van der Waals surface area (Å²) in [6.45, 7) is 1.42. The summed E-state index contributed by atoms with van der Waals surface area (Å²) in [5.74, 6) is 0. The maximum atomic E-state index is 5.53. The van der Waals surface area contributed by atoms with Crippen LogP contribution in [0.15, 0.2) is 22.7 Å². The number of rotatable bonds is 1. The van der Waals surface area contributed by atoms with E-state index in [0.717, 1.165) is 39.8 Å². The first kappa shape index (κ1) is 11.0. The Balaban J connectivity index is 2.39. The van der Waals surface area contributed by atoms with Crippen molar-refractivity contribution in [3.05, 3.63) is 33.9 Å². The summed E-state index contributed by atoms with van der Waals surface area (Å²) in [7, 11) is 1.95. The molecule has 3 nitrogen and oxygen atoms in total. The molecule has 1 aliphatic heterocycles. The van der Waals surface area contributed by atoms with Crippen LogP contribution in [0.3, 0.4) is 0 Å². The van der Waals surface area contributed by atoms with Crippen LogP contribution < -0.4 is 5.32 Å². The summed E-state index contributed by atoms with van der Waals surface area (Å²) in [6, 6.07) is 6.15. The van der Waals surface area contributed by atoms with Crippen LogP contribution in [0.2, 0.25) is 0 Å². The van der Waals surface area contributed by atoms with E-state index in [-0.39, 0.29) is 0 Å². The standard InChI is InChI=1S/C13H13BrN2O/c1-15-12-8-3-2-4-10(14)13(8)16-11-5-6-17-7-9(11)12/h2-4H,5-7H2,1H3,(H,15,16). The second-order valence-electron chi connectivity index (χ2n) is 4.10. The molecule has 3 rings (SSSR count). The smallest absolute Gasteiger partial charge is 0.0868 e. The molecule has 0 radical (unpaired) electrons. The molecule has 0 saturated heterocycles. The van der Waals surface area contributed by atoms with E-state index < -0.39 is 0 Å². The number of hydrogen-bond acceptors (Lipinski definition) is 3. The molecule has 17 heavy (non-hydrogen) atoms. The SMILES string of the molecule is CNc1c2c(nc3c(Br)cccc13)CCOC2. The average Bonchev–Trinajstić information content (AvgIpc) is 2.37. The van der Waals surface area contributed by atoms with Crippen LogP contribution in [-0.4, -0.2) is 18.6 Å². The highest BCUT2D eigenvalue weighted by molar-refractivity contribution is 9.10. The van der Waals surface area contributed by atoms with Gasteiger partial charge in [0.2, 0.25) is 0 Å². The largest absolute Gasteiger partial charge is 0.387 e. The van der Waals surface area contributed by atoms with E-state index in [1.165, 1.54) is 5.56 Å². The second kappa shape index (κ2) is 4.27. The molecule has 0 saturated carbocycles. The minimum atomic E-state index is 0.654. The third kappa shape index (κ3) is 1.72. The van der Waals surface area contributed by atoms with E-state index in [1.807, 2.05) is 19.2 Å². The van der Waals surface area contributed by atoms with Gasteiger partial charge in [0, 0.05) is 28.9 Å². The molecule has 0 bridgehead atoms. The highest BCUT2D eigenvalue weighted by Gasteiger charge is 2.18. The van der Waals surface area contributed by atoms with Gasteiger partial charge in [-0.2, -0.15) is 0 Å². The number of aromatic nitrogens is 1. The minimum Gasteiger partial charge on any atom is -0.387 e. The van der Waals surface area contributed by atoms with Crippen molar-refractivity contribution in [3.8, 4) is 0 Å². The molecule has 1 aliphatic rings. The lowest BCUT2D eigenvalue weighted by molar-refractivity contribution is 0.110. The second-order valence-corrected chi connectivity index (χ2v) is 4.95. The predicted octanol–water partition coefficient (Wildman–Crippen LogP) is 3.11. The van der Waals surface area contributed by atoms with Gasteiger partial charge in [0.15, 0.2) is 0 Å². The zero-order chi connectivity index (χ0) is 11.8. The van der Waals surface area contributed by atoms with Crippen molar-refractivity contribution in [2.45, 2.75) is 13.0 Å². The van der Waals surface area contributed by atoms with Gasteiger partial charge in [-0.15, -0.1) is 0 Å². The lowest BCUT2D eigenvalue weighted by Crippen LogP contribution is -2.14. The molecule has 2 heterocycles. The van der Waals surface area contributed by atoms with Gasteiger partial charge in [0.1, 0.15) is 0 Å². The van der Waals surface area contributed by atoms with Gasteiger partial charge in [-0.1, -0.05) is 12.1 Å². The zero-order valence-corrected chi connectivity index (χ0v) is 11.2. The van der Waals surface area contributed by atoms with Crippen molar-refractivity contribution in [1.82, 2.24) is 4.98 Å². The fourth-order valence-electron chi connectivity index (χ4n) is 2.33.